The van der Waals surface area contributed by atoms with Gasteiger partial charge in [0.25, 0.3) is 0 Å². The Morgan fingerprint density at radius 3 is 2.50 bits per heavy atom. The van der Waals surface area contributed by atoms with E-state index >= 15 is 0 Å². The smallest absolute Gasteiger partial charge is 0.223 e. The summed E-state index contributed by atoms with van der Waals surface area (Å²) in [6.07, 6.45) is 4.18. The van der Waals surface area contributed by atoms with Gasteiger partial charge in [0.15, 0.2) is 0 Å². The zero-order valence-corrected chi connectivity index (χ0v) is 16.2. The van der Waals surface area contributed by atoms with Crippen LogP contribution in [-0.2, 0) is 4.79 Å². The van der Waals surface area contributed by atoms with Crippen molar-refractivity contribution in [2.45, 2.75) is 65.5 Å². The normalized spacial score (nSPS) is 22.4. The molecule has 6 heteroatoms. The van der Waals surface area contributed by atoms with E-state index in [1.54, 1.807) is 0 Å². The van der Waals surface area contributed by atoms with Gasteiger partial charge in [-0.25, -0.2) is 0 Å². The van der Waals surface area contributed by atoms with Crippen LogP contribution in [0.2, 0.25) is 0 Å². The lowest BCUT2D eigenvalue weighted by molar-refractivity contribution is -0.126. The number of carbonyl (C=O) groups excluding carboxylic acids is 1. The highest BCUT2D eigenvalue weighted by Crippen LogP contribution is 2.16. The maximum atomic E-state index is 12.2. The third-order valence-electron chi connectivity index (χ3n) is 4.39. The lowest BCUT2D eigenvalue weighted by atomic mass is 9.92. The molecule has 0 spiro atoms. The van der Waals surface area contributed by atoms with Crippen molar-refractivity contribution in [1.82, 2.24) is 15.5 Å². The minimum atomic E-state index is 0. The average molecular weight is 356 g/mol. The molecule has 2 N–H and O–H groups in total. The van der Waals surface area contributed by atoms with Crippen molar-refractivity contribution >= 4 is 30.7 Å². The molecule has 134 valence electrons. The van der Waals surface area contributed by atoms with E-state index in [0.717, 1.165) is 51.9 Å². The van der Waals surface area contributed by atoms with Crippen LogP contribution in [0.15, 0.2) is 0 Å². The van der Waals surface area contributed by atoms with Gasteiger partial charge in [-0.15, -0.1) is 24.8 Å². The minimum Gasteiger partial charge on any atom is -0.353 e. The SMILES string of the molecule is CCN(CC)CCCC(C)NC(=O)[C@H]1CCN[C@@H](C)C1.Cl.Cl. The van der Waals surface area contributed by atoms with Crippen molar-refractivity contribution in [3.05, 3.63) is 0 Å². The van der Waals surface area contributed by atoms with Gasteiger partial charge in [-0.1, -0.05) is 13.8 Å². The molecule has 1 fully saturated rings. The Morgan fingerprint density at radius 1 is 1.32 bits per heavy atom. The third-order valence-corrected chi connectivity index (χ3v) is 4.39. The number of nitrogens with one attached hydrogen (secondary N) is 2. The summed E-state index contributed by atoms with van der Waals surface area (Å²) < 4.78 is 0. The molecule has 1 amide bonds. The first-order chi connectivity index (χ1) is 9.56. The quantitative estimate of drug-likeness (QED) is 0.703. The molecule has 3 atom stereocenters. The highest BCUT2D eigenvalue weighted by atomic mass is 35.5. The molecular formula is C16H35Cl2N3O. The number of hydrogen-bond donors (Lipinski definition) is 2. The Labute approximate surface area is 149 Å². The monoisotopic (exact) mass is 355 g/mol. The summed E-state index contributed by atoms with van der Waals surface area (Å²) in [7, 11) is 0. The van der Waals surface area contributed by atoms with Gasteiger partial charge < -0.3 is 15.5 Å². The van der Waals surface area contributed by atoms with E-state index in [1.165, 1.54) is 0 Å². The lowest BCUT2D eigenvalue weighted by Gasteiger charge is -2.28. The first-order valence-corrected chi connectivity index (χ1v) is 8.32. The van der Waals surface area contributed by atoms with Crippen LogP contribution in [0.1, 0.15) is 53.4 Å². The Kier molecular flexibility index (Phi) is 14.8. The molecule has 0 saturated carbocycles. The topological polar surface area (TPSA) is 44.4 Å². The number of rotatable bonds is 8. The van der Waals surface area contributed by atoms with E-state index in [0.29, 0.717) is 12.1 Å². The zero-order valence-electron chi connectivity index (χ0n) is 14.6. The van der Waals surface area contributed by atoms with Gasteiger partial charge in [-0.2, -0.15) is 0 Å². The highest BCUT2D eigenvalue weighted by Gasteiger charge is 2.25. The van der Waals surface area contributed by atoms with Crippen molar-refractivity contribution in [1.29, 1.82) is 0 Å². The molecule has 0 aromatic carbocycles. The van der Waals surface area contributed by atoms with Crippen LogP contribution < -0.4 is 10.6 Å². The number of halogens is 2. The van der Waals surface area contributed by atoms with E-state index in [1.807, 2.05) is 0 Å². The Morgan fingerprint density at radius 2 is 1.95 bits per heavy atom. The van der Waals surface area contributed by atoms with E-state index in [2.05, 4.69) is 43.2 Å². The Hall–Kier alpha value is -0.0300. The average Bonchev–Trinajstić information content (AvgIpc) is 2.43. The molecular weight excluding hydrogens is 321 g/mol. The maximum absolute atomic E-state index is 12.2. The van der Waals surface area contributed by atoms with Crippen LogP contribution in [0.25, 0.3) is 0 Å². The fraction of sp³-hybridized carbons (Fsp3) is 0.938. The largest absolute Gasteiger partial charge is 0.353 e. The number of amides is 1. The molecule has 1 aliphatic rings. The van der Waals surface area contributed by atoms with Crippen LogP contribution in [0.5, 0.6) is 0 Å². The molecule has 22 heavy (non-hydrogen) atoms. The van der Waals surface area contributed by atoms with Crippen molar-refractivity contribution in [3.8, 4) is 0 Å². The maximum Gasteiger partial charge on any atom is 0.223 e. The van der Waals surface area contributed by atoms with Crippen LogP contribution >= 0.6 is 24.8 Å². The standard InChI is InChI=1S/C16H33N3O.2ClH/c1-5-19(6-2)11-7-8-13(3)18-16(20)15-9-10-17-14(4)12-15;;/h13-15,17H,5-12H2,1-4H3,(H,18,20);2*1H/t13?,14-,15-;;/m0../s1. The zero-order chi connectivity index (χ0) is 15.0. The van der Waals surface area contributed by atoms with Crippen molar-refractivity contribution in [2.24, 2.45) is 5.92 Å². The van der Waals surface area contributed by atoms with Crippen LogP contribution in [0.3, 0.4) is 0 Å². The molecule has 1 rings (SSSR count). The molecule has 0 aromatic rings. The number of carbonyl (C=O) groups is 1. The first-order valence-electron chi connectivity index (χ1n) is 8.32. The van der Waals surface area contributed by atoms with Gasteiger partial charge in [-0.3, -0.25) is 4.79 Å². The second-order valence-electron chi connectivity index (χ2n) is 6.16. The van der Waals surface area contributed by atoms with E-state index in [9.17, 15) is 4.79 Å². The summed E-state index contributed by atoms with van der Waals surface area (Å²) >= 11 is 0. The molecule has 4 nitrogen and oxygen atoms in total. The van der Waals surface area contributed by atoms with Gasteiger partial charge >= 0.3 is 0 Å². The van der Waals surface area contributed by atoms with Gasteiger partial charge in [0, 0.05) is 18.0 Å². The molecule has 1 aliphatic heterocycles. The third kappa shape index (κ3) is 9.19. The van der Waals surface area contributed by atoms with Crippen LogP contribution in [0, 0.1) is 5.92 Å². The Bertz CT molecular complexity index is 289. The summed E-state index contributed by atoms with van der Waals surface area (Å²) in [5.74, 6) is 0.463. The van der Waals surface area contributed by atoms with E-state index in [4.69, 9.17) is 0 Å². The number of nitrogens with zero attached hydrogens (tertiary/aromatic N) is 1. The molecule has 0 aromatic heterocycles. The molecule has 1 heterocycles. The molecule has 0 aliphatic carbocycles. The summed E-state index contributed by atoms with van der Waals surface area (Å²) in [5, 5.41) is 6.59. The fourth-order valence-electron chi connectivity index (χ4n) is 2.96. The van der Waals surface area contributed by atoms with Crippen LogP contribution in [-0.4, -0.2) is 49.1 Å². The number of hydrogen-bond acceptors (Lipinski definition) is 3. The summed E-state index contributed by atoms with van der Waals surface area (Å²) in [5.41, 5.74) is 0. The van der Waals surface area contributed by atoms with Gasteiger partial charge in [0.1, 0.15) is 0 Å². The van der Waals surface area contributed by atoms with Crippen molar-refractivity contribution < 1.29 is 4.79 Å². The van der Waals surface area contributed by atoms with Crippen molar-refractivity contribution in [3.63, 3.8) is 0 Å². The molecule has 1 saturated heterocycles. The minimum absolute atomic E-state index is 0. The van der Waals surface area contributed by atoms with Crippen molar-refractivity contribution in [2.75, 3.05) is 26.2 Å². The van der Waals surface area contributed by atoms with E-state index < -0.39 is 0 Å². The molecule has 0 radical (unpaired) electrons. The predicted octanol–water partition coefficient (Wildman–Crippen LogP) is 2.84. The molecule has 1 unspecified atom stereocenters. The first kappa shape index (κ1) is 24.2. The molecule has 0 bridgehead atoms. The summed E-state index contributed by atoms with van der Waals surface area (Å²) in [6, 6.07) is 0.765. The highest BCUT2D eigenvalue weighted by molar-refractivity contribution is 5.85. The Balaban J connectivity index is 0. The summed E-state index contributed by atoms with van der Waals surface area (Å²) in [4.78, 5) is 14.6. The van der Waals surface area contributed by atoms with E-state index in [-0.39, 0.29) is 36.6 Å². The fourth-order valence-corrected chi connectivity index (χ4v) is 2.96. The van der Waals surface area contributed by atoms with Gasteiger partial charge in [0.2, 0.25) is 5.91 Å². The van der Waals surface area contributed by atoms with Gasteiger partial charge in [-0.05, 0) is 65.7 Å². The van der Waals surface area contributed by atoms with Gasteiger partial charge in [0.05, 0.1) is 0 Å². The van der Waals surface area contributed by atoms with Crippen LogP contribution in [0.4, 0.5) is 0 Å². The lowest BCUT2D eigenvalue weighted by Crippen LogP contribution is -2.44. The summed E-state index contributed by atoms with van der Waals surface area (Å²) in [6.45, 7) is 13.0. The predicted molar refractivity (Wildman–Crippen MR) is 99.3 cm³/mol. The second-order valence-corrected chi connectivity index (χ2v) is 6.16. The second kappa shape index (κ2) is 13.4. The number of piperidine rings is 1.